The Kier molecular flexibility index (Phi) is 8.85. The van der Waals surface area contributed by atoms with Gasteiger partial charge in [0.1, 0.15) is 0 Å². The largest absolute Gasteiger partial charge is 0.324 e. The Labute approximate surface area is 80.9 Å². The molecule has 0 atom stereocenters. The van der Waals surface area contributed by atoms with Crippen molar-refractivity contribution in [2.75, 3.05) is 5.14 Å². The third-order valence-electron chi connectivity index (χ3n) is 1.28. The van der Waals surface area contributed by atoms with Crippen molar-refractivity contribution in [2.45, 2.75) is 0 Å². The van der Waals surface area contributed by atoms with Crippen molar-refractivity contribution in [3.05, 3.63) is 30.3 Å². The quantitative estimate of drug-likeness (QED) is 0.580. The third-order valence-corrected chi connectivity index (χ3v) is 4.08. The van der Waals surface area contributed by atoms with E-state index in [2.05, 4.69) is 24.3 Å². The first-order valence-corrected chi connectivity index (χ1v) is 7.90. The second-order valence-corrected chi connectivity index (χ2v) is 6.24. The molecule has 0 spiro atoms. The van der Waals surface area contributed by atoms with Gasteiger partial charge in [-0.3, -0.25) is 0 Å². The summed E-state index contributed by atoms with van der Waals surface area (Å²) >= 11 is -0.512. The average molecular weight is 237 g/mol. The van der Waals surface area contributed by atoms with E-state index in [4.69, 9.17) is 15.2 Å². The first kappa shape index (κ1) is 11.9. The van der Waals surface area contributed by atoms with Gasteiger partial charge in [0, 0.05) is 0 Å². The summed E-state index contributed by atoms with van der Waals surface area (Å²) in [5.41, 5.74) is 5.44. The molecule has 5 heteroatoms. The average Bonchev–Trinajstić information content (AvgIpc) is 2.08. The Bertz CT molecular complexity index is 208. The van der Waals surface area contributed by atoms with E-state index in [0.29, 0.717) is 0 Å². The Hall–Kier alpha value is -0.137. The zero-order valence-electron chi connectivity index (χ0n) is 6.68. The van der Waals surface area contributed by atoms with E-state index in [-0.39, 0.29) is 0 Å². The van der Waals surface area contributed by atoms with Crippen LogP contribution in [0.1, 0.15) is 0 Å². The number of nitrogens with two attached hydrogens (primary N) is 1. The minimum atomic E-state index is -0.833. The van der Waals surface area contributed by atoms with Crippen molar-refractivity contribution in [3.8, 4) is 0 Å². The molecule has 62 valence electrons. The molecule has 1 aromatic carbocycles. The maximum absolute atomic E-state index is 8.46. The third kappa shape index (κ3) is 6.57. The SMILES string of the molecule is N[CH2][Zn][c]1ccccc1.O=PO. The topological polar surface area (TPSA) is 63.3 Å². The Balaban J connectivity index is 0.000000354. The van der Waals surface area contributed by atoms with Crippen LogP contribution >= 0.6 is 8.69 Å². The fraction of sp³-hybridized carbons (Fsp3) is 0.143. The van der Waals surface area contributed by atoms with Crippen LogP contribution in [0.3, 0.4) is 0 Å². The molecule has 0 aliphatic heterocycles. The number of rotatable bonds is 2. The van der Waals surface area contributed by atoms with Crippen LogP contribution in [0.4, 0.5) is 0 Å². The Morgan fingerprint density at radius 1 is 1.42 bits per heavy atom. The second-order valence-electron chi connectivity index (χ2n) is 2.11. The van der Waals surface area contributed by atoms with Gasteiger partial charge in [0.15, 0.2) is 0 Å². The summed E-state index contributed by atoms with van der Waals surface area (Å²) in [6, 6.07) is 10.6. The molecule has 3 N–H and O–H groups in total. The fourth-order valence-corrected chi connectivity index (χ4v) is 2.78. The predicted molar refractivity (Wildman–Crippen MR) is 45.0 cm³/mol. The molecule has 0 saturated heterocycles. The molecule has 0 aromatic heterocycles. The maximum atomic E-state index is 8.46. The summed E-state index contributed by atoms with van der Waals surface area (Å²) in [6.07, 6.45) is 0. The molecule has 0 amide bonds. The molecule has 1 aromatic rings. The van der Waals surface area contributed by atoms with Crippen LogP contribution < -0.4 is 9.89 Å². The van der Waals surface area contributed by atoms with Crippen molar-refractivity contribution < 1.29 is 26.6 Å². The summed E-state index contributed by atoms with van der Waals surface area (Å²) in [5.74, 6) is 0. The molecule has 12 heavy (non-hydrogen) atoms. The van der Waals surface area contributed by atoms with Crippen LogP contribution in [0.25, 0.3) is 0 Å². The van der Waals surface area contributed by atoms with Gasteiger partial charge in [-0.05, 0) is 0 Å². The molecular weight excluding hydrogens is 226 g/mol. The first-order valence-electron chi connectivity index (χ1n) is 3.56. The summed E-state index contributed by atoms with van der Waals surface area (Å²) in [5, 5.41) is 0.928. The van der Waals surface area contributed by atoms with Gasteiger partial charge in [-0.2, -0.15) is 0 Å². The van der Waals surface area contributed by atoms with Gasteiger partial charge < -0.3 is 4.89 Å². The second kappa shape index (κ2) is 8.96. The van der Waals surface area contributed by atoms with Crippen molar-refractivity contribution in [1.29, 1.82) is 0 Å². The van der Waals surface area contributed by atoms with E-state index in [9.17, 15) is 0 Å². The van der Waals surface area contributed by atoms with Gasteiger partial charge in [-0.1, -0.05) is 0 Å². The molecule has 0 radical (unpaired) electrons. The van der Waals surface area contributed by atoms with E-state index in [1.54, 1.807) is 0 Å². The number of benzene rings is 1. The summed E-state index contributed by atoms with van der Waals surface area (Å²) in [7, 11) is -0.833. The molecular formula is C7H10NO2PZn. The van der Waals surface area contributed by atoms with E-state index in [1.807, 2.05) is 6.07 Å². The number of hydrogen-bond donors (Lipinski definition) is 2. The van der Waals surface area contributed by atoms with Gasteiger partial charge in [-0.15, -0.1) is 0 Å². The minimum absolute atomic E-state index is 0.512. The van der Waals surface area contributed by atoms with Gasteiger partial charge in [0.2, 0.25) is 0 Å². The summed E-state index contributed by atoms with van der Waals surface area (Å²) in [6.45, 7) is 0. The van der Waals surface area contributed by atoms with Gasteiger partial charge in [-0.25, -0.2) is 4.57 Å². The fourth-order valence-electron chi connectivity index (χ4n) is 0.811. The molecule has 0 aliphatic rings. The monoisotopic (exact) mass is 235 g/mol. The first-order chi connectivity index (χ1) is 5.85. The van der Waals surface area contributed by atoms with Crippen molar-refractivity contribution >= 4 is 12.8 Å². The molecule has 0 aliphatic carbocycles. The summed E-state index contributed by atoms with van der Waals surface area (Å²) < 4.78 is 9.97. The zero-order chi connectivity index (χ0) is 9.23. The smallest absolute Gasteiger partial charge is 0.310 e. The van der Waals surface area contributed by atoms with Crippen LogP contribution in [0, 0.1) is 0 Å². The Morgan fingerprint density at radius 2 is 1.92 bits per heavy atom. The maximum Gasteiger partial charge on any atom is 0.324 e. The molecule has 0 saturated carbocycles. The Morgan fingerprint density at radius 3 is 2.33 bits per heavy atom. The molecule has 3 nitrogen and oxygen atoms in total. The normalized spacial score (nSPS) is 8.17. The van der Waals surface area contributed by atoms with E-state index >= 15 is 0 Å². The van der Waals surface area contributed by atoms with Crippen molar-refractivity contribution in [1.82, 2.24) is 0 Å². The minimum Gasteiger partial charge on any atom is -0.310 e. The van der Waals surface area contributed by atoms with Crippen LogP contribution in [-0.2, 0) is 21.7 Å². The summed E-state index contributed by atoms with van der Waals surface area (Å²) in [4.78, 5) is 6.99. The van der Waals surface area contributed by atoms with E-state index in [0.717, 1.165) is 5.14 Å². The van der Waals surface area contributed by atoms with Gasteiger partial charge >= 0.3 is 71.2 Å². The van der Waals surface area contributed by atoms with Crippen molar-refractivity contribution in [3.63, 3.8) is 0 Å². The predicted octanol–water partition coefficient (Wildman–Crippen LogP) is 0.496. The van der Waals surface area contributed by atoms with Gasteiger partial charge in [0.05, 0.1) is 0 Å². The van der Waals surface area contributed by atoms with Crippen molar-refractivity contribution in [2.24, 2.45) is 5.73 Å². The molecule has 0 bridgehead atoms. The van der Waals surface area contributed by atoms with Crippen LogP contribution in [0.5, 0.6) is 0 Å². The number of hydrogen-bond acceptors (Lipinski definition) is 2. The zero-order valence-corrected chi connectivity index (χ0v) is 10.5. The van der Waals surface area contributed by atoms with Crippen LogP contribution in [0.15, 0.2) is 30.3 Å². The van der Waals surface area contributed by atoms with Gasteiger partial charge in [0.25, 0.3) is 0 Å². The molecule has 0 fully saturated rings. The van der Waals surface area contributed by atoms with Crippen LogP contribution in [0.2, 0.25) is 0 Å². The standard InChI is InChI=1S/C6H5.CH4N.HO2P.Zn/c1-2-4-6-5-3-1;1-2;1-3-2;/h1-5H;1-2H2;(H,1,2);. The van der Waals surface area contributed by atoms with Crippen LogP contribution in [-0.4, -0.2) is 10.0 Å². The molecule has 0 unspecified atom stereocenters. The van der Waals surface area contributed by atoms with E-state index < -0.39 is 25.8 Å². The van der Waals surface area contributed by atoms with E-state index in [1.165, 1.54) is 4.16 Å². The molecule has 1 rings (SSSR count). The molecule has 0 heterocycles.